The molecular formula is C10H16N6O2S2. The second-order valence-corrected chi connectivity index (χ2v) is 7.34. The van der Waals surface area contributed by atoms with Crippen LogP contribution < -0.4 is 16.0 Å². The summed E-state index contributed by atoms with van der Waals surface area (Å²) >= 11 is 1.35. The number of fused-ring (bicyclic) bond motifs is 1. The molecule has 3 rings (SSSR count). The molecule has 1 saturated heterocycles. The molecule has 0 amide bonds. The second kappa shape index (κ2) is 4.97. The first kappa shape index (κ1) is 13.8. The van der Waals surface area contributed by atoms with Crippen molar-refractivity contribution in [1.29, 1.82) is 0 Å². The monoisotopic (exact) mass is 316 g/mol. The molecule has 2 aromatic rings. The molecule has 3 heterocycles. The van der Waals surface area contributed by atoms with E-state index in [4.69, 9.17) is 5.84 Å². The summed E-state index contributed by atoms with van der Waals surface area (Å²) in [6, 6.07) is -0.0835. The number of nitrogens with zero attached hydrogens (tertiary/aromatic N) is 3. The molecule has 4 N–H and O–H groups in total. The number of anilines is 1. The number of nitrogens with one attached hydrogen (secondary N) is 2. The van der Waals surface area contributed by atoms with E-state index in [1.807, 2.05) is 7.05 Å². The predicted molar refractivity (Wildman–Crippen MR) is 77.1 cm³/mol. The Kier molecular flexibility index (Phi) is 3.42. The van der Waals surface area contributed by atoms with E-state index in [9.17, 15) is 8.42 Å². The SMILES string of the molecule is CN1CCC(NS(=O)(=O)c2c(NN)nc3sccn23)C1. The maximum Gasteiger partial charge on any atom is 0.260 e. The van der Waals surface area contributed by atoms with Crippen molar-refractivity contribution < 1.29 is 8.42 Å². The highest BCUT2D eigenvalue weighted by Gasteiger charge is 2.30. The summed E-state index contributed by atoms with van der Waals surface area (Å²) in [7, 11) is -1.71. The molecule has 0 bridgehead atoms. The fourth-order valence-corrected chi connectivity index (χ4v) is 4.70. The fourth-order valence-electron chi connectivity index (χ4n) is 2.42. The van der Waals surface area contributed by atoms with Gasteiger partial charge in [-0.1, -0.05) is 0 Å². The zero-order valence-electron chi connectivity index (χ0n) is 10.9. The molecule has 1 aliphatic rings. The number of thiazole rings is 1. The van der Waals surface area contributed by atoms with Gasteiger partial charge in [0.15, 0.2) is 10.8 Å². The molecule has 2 aromatic heterocycles. The molecule has 1 fully saturated rings. The van der Waals surface area contributed by atoms with E-state index in [1.54, 1.807) is 11.6 Å². The molecule has 0 aromatic carbocycles. The van der Waals surface area contributed by atoms with Crippen LogP contribution in [0.15, 0.2) is 16.6 Å². The molecule has 10 heteroatoms. The first-order valence-corrected chi connectivity index (χ1v) is 8.50. The minimum Gasteiger partial charge on any atom is -0.306 e. The van der Waals surface area contributed by atoms with Crippen LogP contribution in [0, 0.1) is 0 Å². The van der Waals surface area contributed by atoms with Crippen LogP contribution in [0.4, 0.5) is 5.82 Å². The molecule has 1 unspecified atom stereocenters. The van der Waals surface area contributed by atoms with Gasteiger partial charge in [0.1, 0.15) is 0 Å². The number of aromatic nitrogens is 2. The smallest absolute Gasteiger partial charge is 0.260 e. The number of hydrogen-bond acceptors (Lipinski definition) is 7. The van der Waals surface area contributed by atoms with Gasteiger partial charge in [0.2, 0.25) is 5.03 Å². The van der Waals surface area contributed by atoms with Crippen LogP contribution in [0.1, 0.15) is 6.42 Å². The average molecular weight is 316 g/mol. The van der Waals surface area contributed by atoms with E-state index in [-0.39, 0.29) is 16.9 Å². The highest BCUT2D eigenvalue weighted by atomic mass is 32.2. The number of hydrazine groups is 1. The number of nitrogen functional groups attached to an aromatic ring is 1. The van der Waals surface area contributed by atoms with Crippen LogP contribution in [-0.4, -0.2) is 48.9 Å². The number of likely N-dealkylation sites (N-methyl/N-ethyl adjacent to an activating group) is 1. The van der Waals surface area contributed by atoms with Gasteiger partial charge in [0.05, 0.1) is 0 Å². The second-order valence-electron chi connectivity index (χ2n) is 4.83. The maximum atomic E-state index is 12.6. The molecule has 0 spiro atoms. The predicted octanol–water partition coefficient (Wildman–Crippen LogP) is -0.336. The van der Waals surface area contributed by atoms with E-state index < -0.39 is 10.0 Å². The Labute approximate surface area is 120 Å². The number of nitrogens with two attached hydrogens (primary N) is 1. The molecule has 110 valence electrons. The summed E-state index contributed by atoms with van der Waals surface area (Å²) < 4.78 is 29.4. The minimum atomic E-state index is -3.68. The summed E-state index contributed by atoms with van der Waals surface area (Å²) in [4.78, 5) is 6.84. The normalized spacial score (nSPS) is 20.8. The van der Waals surface area contributed by atoms with E-state index >= 15 is 0 Å². The van der Waals surface area contributed by atoms with Gasteiger partial charge in [-0.3, -0.25) is 4.40 Å². The number of imidazole rings is 1. The lowest BCUT2D eigenvalue weighted by atomic mass is 10.3. The van der Waals surface area contributed by atoms with Crippen molar-refractivity contribution in [3.8, 4) is 0 Å². The Morgan fingerprint density at radius 1 is 1.55 bits per heavy atom. The van der Waals surface area contributed by atoms with Gasteiger partial charge in [0.25, 0.3) is 10.0 Å². The molecule has 8 nitrogen and oxygen atoms in total. The molecular weight excluding hydrogens is 300 g/mol. The third-order valence-corrected chi connectivity index (χ3v) is 5.62. The Bertz CT molecular complexity index is 721. The molecule has 0 aliphatic carbocycles. The molecule has 0 radical (unpaired) electrons. The Hall–Kier alpha value is -1.20. The lowest BCUT2D eigenvalue weighted by molar-refractivity contribution is 0.407. The highest BCUT2D eigenvalue weighted by molar-refractivity contribution is 7.89. The van der Waals surface area contributed by atoms with Crippen molar-refractivity contribution in [2.24, 2.45) is 5.84 Å². The zero-order valence-corrected chi connectivity index (χ0v) is 12.5. The minimum absolute atomic E-state index is 0.0609. The van der Waals surface area contributed by atoms with Crippen LogP contribution in [0.5, 0.6) is 0 Å². The van der Waals surface area contributed by atoms with Crippen LogP contribution in [0.2, 0.25) is 0 Å². The number of rotatable bonds is 4. The quantitative estimate of drug-likeness (QED) is 0.527. The van der Waals surface area contributed by atoms with Crippen LogP contribution in [0.3, 0.4) is 0 Å². The van der Waals surface area contributed by atoms with E-state index in [2.05, 4.69) is 20.0 Å². The van der Waals surface area contributed by atoms with Gasteiger partial charge in [-0.25, -0.2) is 19.0 Å². The topological polar surface area (TPSA) is 105 Å². The Morgan fingerprint density at radius 2 is 2.35 bits per heavy atom. The van der Waals surface area contributed by atoms with Crippen molar-refractivity contribution in [3.05, 3.63) is 11.6 Å². The van der Waals surface area contributed by atoms with Crippen LogP contribution in [-0.2, 0) is 10.0 Å². The summed E-state index contributed by atoms with van der Waals surface area (Å²) in [5.74, 6) is 5.54. The van der Waals surface area contributed by atoms with Gasteiger partial charge in [0, 0.05) is 24.2 Å². The van der Waals surface area contributed by atoms with Crippen LogP contribution >= 0.6 is 11.3 Å². The third-order valence-electron chi connectivity index (χ3n) is 3.32. The largest absolute Gasteiger partial charge is 0.306 e. The van der Waals surface area contributed by atoms with Gasteiger partial charge < -0.3 is 10.3 Å². The summed E-state index contributed by atoms with van der Waals surface area (Å²) in [5, 5.41) is 1.84. The van der Waals surface area contributed by atoms with E-state index in [0.717, 1.165) is 13.0 Å². The Morgan fingerprint density at radius 3 is 3.00 bits per heavy atom. The van der Waals surface area contributed by atoms with Crippen molar-refractivity contribution in [3.63, 3.8) is 0 Å². The van der Waals surface area contributed by atoms with Crippen molar-refractivity contribution >= 4 is 32.1 Å². The van der Waals surface area contributed by atoms with Gasteiger partial charge in [-0.2, -0.15) is 4.98 Å². The van der Waals surface area contributed by atoms with Gasteiger partial charge in [-0.05, 0) is 20.0 Å². The molecule has 20 heavy (non-hydrogen) atoms. The summed E-state index contributed by atoms with van der Waals surface area (Å²) in [5.41, 5.74) is 2.36. The zero-order chi connectivity index (χ0) is 14.3. The first-order valence-electron chi connectivity index (χ1n) is 6.14. The fraction of sp³-hybridized carbons (Fsp3) is 0.500. The van der Waals surface area contributed by atoms with E-state index in [1.165, 1.54) is 15.7 Å². The first-order chi connectivity index (χ1) is 9.51. The summed E-state index contributed by atoms with van der Waals surface area (Å²) in [6.07, 6.45) is 2.47. The average Bonchev–Trinajstić information content (AvgIpc) is 3.02. The maximum absolute atomic E-state index is 12.6. The van der Waals surface area contributed by atoms with Gasteiger partial charge in [-0.15, -0.1) is 11.3 Å². The van der Waals surface area contributed by atoms with Crippen molar-refractivity contribution in [2.45, 2.75) is 17.5 Å². The molecule has 0 saturated carbocycles. The highest BCUT2D eigenvalue weighted by Crippen LogP contribution is 2.25. The lowest BCUT2D eigenvalue weighted by Crippen LogP contribution is -2.37. The van der Waals surface area contributed by atoms with Crippen molar-refractivity contribution in [2.75, 3.05) is 25.6 Å². The van der Waals surface area contributed by atoms with Crippen molar-refractivity contribution in [1.82, 2.24) is 19.0 Å². The summed E-state index contributed by atoms with van der Waals surface area (Å²) in [6.45, 7) is 1.59. The Balaban J connectivity index is 1.97. The lowest BCUT2D eigenvalue weighted by Gasteiger charge is -2.13. The standard InChI is InChI=1S/C10H16N6O2S2/c1-15-3-2-7(6-15)14-20(17,18)9-8(13-11)12-10-16(9)4-5-19-10/h4-5,7,13-14H,2-3,6,11H2,1H3. The van der Waals surface area contributed by atoms with E-state index in [0.29, 0.717) is 11.5 Å². The molecule has 1 atom stereocenters. The molecule has 1 aliphatic heterocycles. The number of sulfonamides is 1. The van der Waals surface area contributed by atoms with Gasteiger partial charge >= 0.3 is 0 Å². The number of hydrogen-bond donors (Lipinski definition) is 3. The van der Waals surface area contributed by atoms with Crippen LogP contribution in [0.25, 0.3) is 4.96 Å². The third kappa shape index (κ3) is 2.29. The number of likely N-dealkylation sites (tertiary alicyclic amines) is 1.